The first-order valence-electron chi connectivity index (χ1n) is 7.47. The number of anilines is 1. The Morgan fingerprint density at radius 3 is 2.92 bits per heavy atom. The van der Waals surface area contributed by atoms with E-state index in [0.29, 0.717) is 28.6 Å². The normalized spacial score (nSPS) is 10.5. The van der Waals surface area contributed by atoms with Crippen LogP contribution in [0.15, 0.2) is 54.9 Å². The van der Waals surface area contributed by atoms with Gasteiger partial charge in [0, 0.05) is 16.8 Å². The molecule has 0 unspecified atom stereocenters. The molecule has 3 rings (SSSR count). The number of hydrogen-bond acceptors (Lipinski definition) is 3. The Kier molecular flexibility index (Phi) is 5.00. The lowest BCUT2D eigenvalue weighted by atomic mass is 10.2. The molecule has 0 aliphatic heterocycles. The first kappa shape index (κ1) is 17.0. The summed E-state index contributed by atoms with van der Waals surface area (Å²) >= 11 is 6.02. The molecule has 0 radical (unpaired) electrons. The van der Waals surface area contributed by atoms with Crippen LogP contribution in [-0.2, 0) is 6.54 Å². The summed E-state index contributed by atoms with van der Waals surface area (Å²) in [4.78, 5) is 12.3. The Morgan fingerprint density at radius 2 is 2.16 bits per heavy atom. The van der Waals surface area contributed by atoms with Crippen molar-refractivity contribution in [3.05, 3.63) is 76.8 Å². The number of nitrogens with one attached hydrogen (secondary N) is 1. The van der Waals surface area contributed by atoms with Gasteiger partial charge in [0.25, 0.3) is 5.91 Å². The first-order valence-corrected chi connectivity index (χ1v) is 7.85. The second-order valence-corrected chi connectivity index (χ2v) is 5.76. The largest absolute Gasteiger partial charge is 0.497 e. The molecule has 1 amide bonds. The first-order chi connectivity index (χ1) is 12.0. The molecule has 2 aromatic carbocycles. The number of rotatable bonds is 5. The lowest BCUT2D eigenvalue weighted by molar-refractivity contribution is 0.102. The van der Waals surface area contributed by atoms with Crippen molar-refractivity contribution in [1.29, 1.82) is 0 Å². The smallest absolute Gasteiger partial charge is 0.255 e. The quantitative estimate of drug-likeness (QED) is 0.749. The molecule has 0 fully saturated rings. The van der Waals surface area contributed by atoms with Crippen LogP contribution < -0.4 is 10.1 Å². The molecule has 1 N–H and O–H groups in total. The van der Waals surface area contributed by atoms with Crippen molar-refractivity contribution in [1.82, 2.24) is 9.78 Å². The van der Waals surface area contributed by atoms with E-state index < -0.39 is 0 Å². The highest BCUT2D eigenvalue weighted by atomic mass is 35.5. The molecule has 0 saturated carbocycles. The number of benzene rings is 2. The molecule has 0 saturated heterocycles. The topological polar surface area (TPSA) is 56.1 Å². The van der Waals surface area contributed by atoms with E-state index in [4.69, 9.17) is 16.3 Å². The molecule has 5 nitrogen and oxygen atoms in total. The lowest BCUT2D eigenvalue weighted by Crippen LogP contribution is -2.11. The fraction of sp³-hybridized carbons (Fsp3) is 0.111. The van der Waals surface area contributed by atoms with Crippen molar-refractivity contribution >= 4 is 23.2 Å². The number of hydrogen-bond donors (Lipinski definition) is 1. The highest BCUT2D eigenvalue weighted by Gasteiger charge is 2.09. The number of carbonyl (C=O) groups is 1. The van der Waals surface area contributed by atoms with Crippen LogP contribution in [0.2, 0.25) is 5.02 Å². The summed E-state index contributed by atoms with van der Waals surface area (Å²) in [6.45, 7) is 0.369. The van der Waals surface area contributed by atoms with Crippen LogP contribution in [0.4, 0.5) is 10.1 Å². The van der Waals surface area contributed by atoms with Gasteiger partial charge in [0.15, 0.2) is 0 Å². The van der Waals surface area contributed by atoms with Crippen LogP contribution in [0.1, 0.15) is 15.9 Å². The summed E-state index contributed by atoms with van der Waals surface area (Å²) in [6, 6.07) is 11.1. The number of amides is 1. The van der Waals surface area contributed by atoms with Crippen molar-refractivity contribution in [3.8, 4) is 5.75 Å². The molecular formula is C18H15ClFN3O2. The molecule has 0 atom stereocenters. The zero-order chi connectivity index (χ0) is 17.8. The van der Waals surface area contributed by atoms with Gasteiger partial charge in [-0.05, 0) is 35.9 Å². The molecule has 1 aromatic heterocycles. The highest BCUT2D eigenvalue weighted by Crippen LogP contribution is 2.19. The Balaban J connectivity index is 1.69. The summed E-state index contributed by atoms with van der Waals surface area (Å²) in [6.07, 6.45) is 3.22. The van der Waals surface area contributed by atoms with Crippen LogP contribution in [-0.4, -0.2) is 22.8 Å². The Labute approximate surface area is 149 Å². The van der Waals surface area contributed by atoms with Gasteiger partial charge in [-0.3, -0.25) is 9.48 Å². The third-order valence-corrected chi connectivity index (χ3v) is 3.92. The minimum Gasteiger partial charge on any atom is -0.497 e. The van der Waals surface area contributed by atoms with Crippen molar-refractivity contribution < 1.29 is 13.9 Å². The number of halogens is 2. The number of ether oxygens (including phenoxy) is 1. The summed E-state index contributed by atoms with van der Waals surface area (Å²) < 4.78 is 19.8. The van der Waals surface area contributed by atoms with Crippen LogP contribution in [0.25, 0.3) is 0 Å². The Morgan fingerprint density at radius 1 is 1.32 bits per heavy atom. The number of aromatic nitrogens is 2. The van der Waals surface area contributed by atoms with Gasteiger partial charge in [0.2, 0.25) is 0 Å². The van der Waals surface area contributed by atoms with Gasteiger partial charge in [-0.25, -0.2) is 4.39 Å². The second kappa shape index (κ2) is 7.36. The average Bonchev–Trinajstić information content (AvgIpc) is 3.04. The Hall–Kier alpha value is -2.86. The maximum atomic E-state index is 13.1. The summed E-state index contributed by atoms with van der Waals surface area (Å²) in [7, 11) is 1.54. The maximum absolute atomic E-state index is 13.1. The lowest BCUT2D eigenvalue weighted by Gasteiger charge is -2.05. The van der Waals surface area contributed by atoms with E-state index in [9.17, 15) is 9.18 Å². The summed E-state index contributed by atoms with van der Waals surface area (Å²) in [5.41, 5.74) is 1.76. The molecular weight excluding hydrogens is 345 g/mol. The SMILES string of the molecule is COc1cccc(C(=O)Nc2cnn(Cc3ccc(F)cc3Cl)c2)c1. The van der Waals surface area contributed by atoms with E-state index >= 15 is 0 Å². The third-order valence-electron chi connectivity index (χ3n) is 3.57. The van der Waals surface area contributed by atoms with E-state index in [1.54, 1.807) is 48.3 Å². The third kappa shape index (κ3) is 4.16. The molecule has 25 heavy (non-hydrogen) atoms. The molecule has 128 valence electrons. The van der Waals surface area contributed by atoms with Crippen molar-refractivity contribution in [3.63, 3.8) is 0 Å². The van der Waals surface area contributed by atoms with Gasteiger partial charge in [-0.15, -0.1) is 0 Å². The summed E-state index contributed by atoms with van der Waals surface area (Å²) in [5, 5.41) is 7.28. The fourth-order valence-corrected chi connectivity index (χ4v) is 2.53. The molecule has 3 aromatic rings. The van der Waals surface area contributed by atoms with Crippen molar-refractivity contribution in [2.75, 3.05) is 12.4 Å². The molecule has 0 aliphatic carbocycles. The van der Waals surface area contributed by atoms with E-state index in [1.165, 1.54) is 18.3 Å². The van der Waals surface area contributed by atoms with Gasteiger partial charge in [0.05, 0.1) is 25.5 Å². The van der Waals surface area contributed by atoms with E-state index in [-0.39, 0.29) is 11.7 Å². The molecule has 0 bridgehead atoms. The fourth-order valence-electron chi connectivity index (χ4n) is 2.31. The number of methoxy groups -OCH3 is 1. The van der Waals surface area contributed by atoms with Gasteiger partial charge in [-0.1, -0.05) is 23.7 Å². The van der Waals surface area contributed by atoms with Crippen LogP contribution in [0.3, 0.4) is 0 Å². The van der Waals surface area contributed by atoms with Crippen LogP contribution in [0, 0.1) is 5.82 Å². The molecule has 0 spiro atoms. The minimum atomic E-state index is -0.388. The highest BCUT2D eigenvalue weighted by molar-refractivity contribution is 6.31. The molecule has 7 heteroatoms. The predicted octanol–water partition coefficient (Wildman–Crippen LogP) is 3.98. The zero-order valence-electron chi connectivity index (χ0n) is 13.4. The summed E-state index contributed by atoms with van der Waals surface area (Å²) in [5.74, 6) is -0.0481. The number of carbonyl (C=O) groups excluding carboxylic acids is 1. The van der Waals surface area contributed by atoms with E-state index in [0.717, 1.165) is 5.56 Å². The van der Waals surface area contributed by atoms with Gasteiger partial charge < -0.3 is 10.1 Å². The van der Waals surface area contributed by atoms with Crippen molar-refractivity contribution in [2.45, 2.75) is 6.54 Å². The average molecular weight is 360 g/mol. The molecule has 1 heterocycles. The number of nitrogens with zero attached hydrogens (tertiary/aromatic N) is 2. The second-order valence-electron chi connectivity index (χ2n) is 5.35. The monoisotopic (exact) mass is 359 g/mol. The van der Waals surface area contributed by atoms with Gasteiger partial charge >= 0.3 is 0 Å². The van der Waals surface area contributed by atoms with Crippen LogP contribution in [0.5, 0.6) is 5.75 Å². The van der Waals surface area contributed by atoms with Crippen molar-refractivity contribution in [2.24, 2.45) is 0 Å². The van der Waals surface area contributed by atoms with Gasteiger partial charge in [-0.2, -0.15) is 5.10 Å². The Bertz CT molecular complexity index is 911. The standard InChI is InChI=1S/C18H15ClFN3O2/c1-25-16-4-2-3-12(7-16)18(24)22-15-9-21-23(11-15)10-13-5-6-14(20)8-17(13)19/h2-9,11H,10H2,1H3,(H,22,24). The maximum Gasteiger partial charge on any atom is 0.255 e. The minimum absolute atomic E-state index is 0.265. The predicted molar refractivity (Wildman–Crippen MR) is 93.7 cm³/mol. The van der Waals surface area contributed by atoms with E-state index in [1.807, 2.05) is 0 Å². The van der Waals surface area contributed by atoms with E-state index in [2.05, 4.69) is 10.4 Å². The van der Waals surface area contributed by atoms with Gasteiger partial charge in [0.1, 0.15) is 11.6 Å². The zero-order valence-corrected chi connectivity index (χ0v) is 14.1. The molecule has 0 aliphatic rings. The van der Waals surface area contributed by atoms with Crippen LogP contribution >= 0.6 is 11.6 Å².